The Kier molecular flexibility index (Phi) is 10.9. The Hall–Kier alpha value is 1.85. The Bertz CT molecular complexity index is 77.7. The van der Waals surface area contributed by atoms with E-state index in [4.69, 9.17) is 0 Å². The minimum absolute atomic E-state index is 0. The molecule has 0 saturated heterocycles. The van der Waals surface area contributed by atoms with Crippen LogP contribution in [-0.4, -0.2) is 41.6 Å². The van der Waals surface area contributed by atoms with E-state index in [-0.39, 0.29) is 31.2 Å². The smallest absolute Gasteiger partial charge is 0.549 e. The zero-order chi connectivity index (χ0) is 5.86. The van der Waals surface area contributed by atoms with Gasteiger partial charge in [0.25, 0.3) is 0 Å². The summed E-state index contributed by atoms with van der Waals surface area (Å²) in [6.45, 7) is 0. The Balaban J connectivity index is 0. The van der Waals surface area contributed by atoms with Crippen molar-refractivity contribution in [2.75, 3.05) is 4.43 Å². The topological polar surface area (TPSA) is 40.1 Å². The van der Waals surface area contributed by atoms with Crippen LogP contribution >= 0.6 is 45.2 Å². The number of carboxylic acid groups (broad SMARTS) is 1. The predicted molar refractivity (Wildman–Crippen MR) is 47.5 cm³/mol. The Morgan fingerprint density at radius 2 is 2.12 bits per heavy atom. The second-order valence-corrected chi connectivity index (χ2v) is 3.33. The Morgan fingerprint density at radius 1 is 1.75 bits per heavy atom. The number of hydrogen-bond acceptors (Lipinski definition) is 2. The molecule has 0 fully saturated rings. The number of carbonyl (C=O) groups is 1. The van der Waals surface area contributed by atoms with Crippen molar-refractivity contribution in [3.8, 4) is 0 Å². The minimum atomic E-state index is -0.977. The largest absolute Gasteiger partial charge is 1.00 e. The Morgan fingerprint density at radius 3 is 2.12 bits per heavy atom. The number of rotatable bonds is 2. The first kappa shape index (κ1) is 12.5. The molecule has 0 radical (unpaired) electrons. The molecule has 0 aromatic carbocycles. The molecule has 0 heterocycles. The van der Waals surface area contributed by atoms with Crippen LogP contribution in [0.15, 0.2) is 0 Å². The molecule has 0 amide bonds. The van der Waals surface area contributed by atoms with Gasteiger partial charge in [-0.25, -0.2) is 0 Å². The normalized spacial score (nSPS) is 11.8. The summed E-state index contributed by atoms with van der Waals surface area (Å²) in [5.74, 6) is -0.977. The summed E-state index contributed by atoms with van der Waals surface area (Å²) in [6, 6.07) is 0. The van der Waals surface area contributed by atoms with Crippen LogP contribution < -0.4 is 5.11 Å². The molecule has 1 atom stereocenters. The third-order valence-electron chi connectivity index (χ3n) is 0.391. The van der Waals surface area contributed by atoms with Crippen LogP contribution in [0.25, 0.3) is 0 Å². The third-order valence-corrected chi connectivity index (χ3v) is 3.91. The first-order valence-corrected chi connectivity index (χ1v) is 4.36. The van der Waals surface area contributed by atoms with Gasteiger partial charge in [-0.05, 0) is 0 Å². The number of alkyl halides is 2. The SMILES string of the molecule is O=C([O-])C(I)CI.[Tl+]. The predicted octanol–water partition coefficient (Wildman–Crippen LogP) is -0.406. The summed E-state index contributed by atoms with van der Waals surface area (Å²) in [6.07, 6.45) is 0. The second-order valence-electron chi connectivity index (χ2n) is 0.941. The van der Waals surface area contributed by atoms with Gasteiger partial charge in [0.1, 0.15) is 0 Å². The summed E-state index contributed by atoms with van der Waals surface area (Å²) in [4.78, 5) is 9.81. The molecule has 0 aromatic rings. The molecular formula is C3H3I2O2Tl. The van der Waals surface area contributed by atoms with Gasteiger partial charge in [0.2, 0.25) is 0 Å². The van der Waals surface area contributed by atoms with Crippen molar-refractivity contribution in [1.82, 2.24) is 0 Å². The maximum atomic E-state index is 9.81. The fraction of sp³-hybridized carbons (Fsp3) is 0.667. The Labute approximate surface area is 95.2 Å². The van der Waals surface area contributed by atoms with Gasteiger partial charge in [0, 0.05) is 4.43 Å². The molecule has 5 heteroatoms. The number of halogens is 2. The van der Waals surface area contributed by atoms with E-state index in [1.807, 2.05) is 45.2 Å². The van der Waals surface area contributed by atoms with Gasteiger partial charge in [-0.1, -0.05) is 45.2 Å². The van der Waals surface area contributed by atoms with Gasteiger partial charge in [-0.3, -0.25) is 0 Å². The second kappa shape index (κ2) is 6.97. The van der Waals surface area contributed by atoms with Crippen molar-refractivity contribution in [3.63, 3.8) is 0 Å². The molecule has 0 rings (SSSR count). The first-order valence-electron chi connectivity index (χ1n) is 1.59. The summed E-state index contributed by atoms with van der Waals surface area (Å²) < 4.78 is 0.277. The van der Waals surface area contributed by atoms with Crippen LogP contribution in [0.5, 0.6) is 0 Å². The molecule has 0 aliphatic rings. The summed E-state index contributed by atoms with van der Waals surface area (Å²) in [7, 11) is 0. The molecule has 8 heavy (non-hydrogen) atoms. The first-order chi connectivity index (χ1) is 3.18. The molecule has 0 aliphatic heterocycles. The number of hydrogen-bond donors (Lipinski definition) is 0. The zero-order valence-corrected chi connectivity index (χ0v) is 12.7. The van der Waals surface area contributed by atoms with Crippen LogP contribution in [0.4, 0.5) is 0 Å². The van der Waals surface area contributed by atoms with Crippen molar-refractivity contribution >= 4 is 78.4 Å². The molecular weight excluding hydrogens is 526 g/mol. The molecule has 0 spiro atoms. The van der Waals surface area contributed by atoms with Crippen molar-refractivity contribution in [2.45, 2.75) is 3.92 Å². The molecule has 1 unspecified atom stereocenters. The molecule has 0 bridgehead atoms. The van der Waals surface area contributed by atoms with Crippen LogP contribution in [0.2, 0.25) is 0 Å². The van der Waals surface area contributed by atoms with Gasteiger partial charge in [-0.15, -0.1) is 0 Å². The van der Waals surface area contributed by atoms with Gasteiger partial charge >= 0.3 is 27.3 Å². The maximum absolute atomic E-state index is 9.81. The summed E-state index contributed by atoms with van der Waals surface area (Å²) >= 11 is 3.83. The molecule has 0 N–H and O–H groups in total. The fourth-order valence-corrected chi connectivity index (χ4v) is 0.423. The van der Waals surface area contributed by atoms with Crippen LogP contribution in [-0.2, 0) is 4.79 Å². The van der Waals surface area contributed by atoms with Crippen molar-refractivity contribution in [3.05, 3.63) is 0 Å². The van der Waals surface area contributed by atoms with Gasteiger partial charge < -0.3 is 9.90 Å². The van der Waals surface area contributed by atoms with Gasteiger partial charge in [0.05, 0.1) is 9.89 Å². The van der Waals surface area contributed by atoms with Crippen LogP contribution in [0.1, 0.15) is 0 Å². The molecule has 0 saturated carbocycles. The standard InChI is InChI=1S/C3H4I2O2.Tl/c4-1-2(5)3(6)7;/h2H,1H2,(H,6,7);/q;+1/p-1. The zero-order valence-electron chi connectivity index (χ0n) is 3.93. The van der Waals surface area contributed by atoms with E-state index in [1.165, 1.54) is 0 Å². The van der Waals surface area contributed by atoms with E-state index in [0.717, 1.165) is 0 Å². The number of carbonyl (C=O) groups excluding carboxylic acids is 1. The minimum Gasteiger partial charge on any atom is -0.549 e. The van der Waals surface area contributed by atoms with E-state index < -0.39 is 5.97 Å². The molecule has 2 nitrogen and oxygen atoms in total. The monoisotopic (exact) mass is 530 g/mol. The molecule has 44 valence electrons. The van der Waals surface area contributed by atoms with E-state index in [1.54, 1.807) is 0 Å². The average Bonchev–Trinajstić information content (AvgIpc) is 1.65. The van der Waals surface area contributed by atoms with Crippen LogP contribution in [0.3, 0.4) is 0 Å². The third kappa shape index (κ3) is 5.98. The number of aliphatic carboxylic acids is 1. The number of carboxylic acids is 1. The molecule has 0 aliphatic carbocycles. The fourth-order valence-electron chi connectivity index (χ4n) is 0.0630. The van der Waals surface area contributed by atoms with Crippen molar-refractivity contribution in [1.29, 1.82) is 0 Å². The van der Waals surface area contributed by atoms with Gasteiger partial charge in [0.15, 0.2) is 0 Å². The van der Waals surface area contributed by atoms with Gasteiger partial charge in [-0.2, -0.15) is 0 Å². The quantitative estimate of drug-likeness (QED) is 0.278. The van der Waals surface area contributed by atoms with Crippen LogP contribution in [0, 0.1) is 0 Å². The summed E-state index contributed by atoms with van der Waals surface area (Å²) in [5, 5.41) is 9.81. The molecule has 0 aromatic heterocycles. The van der Waals surface area contributed by atoms with Crippen molar-refractivity contribution < 1.29 is 9.90 Å². The average molecular weight is 529 g/mol. The van der Waals surface area contributed by atoms with Crippen molar-refractivity contribution in [2.24, 2.45) is 0 Å². The van der Waals surface area contributed by atoms with E-state index in [0.29, 0.717) is 4.43 Å². The maximum Gasteiger partial charge on any atom is 1.00 e. The van der Waals surface area contributed by atoms with E-state index in [9.17, 15) is 9.90 Å². The summed E-state index contributed by atoms with van der Waals surface area (Å²) in [5.41, 5.74) is 0. The van der Waals surface area contributed by atoms with E-state index >= 15 is 0 Å². The van der Waals surface area contributed by atoms with E-state index in [2.05, 4.69) is 0 Å².